The van der Waals surface area contributed by atoms with Crippen LogP contribution in [-0.4, -0.2) is 39.0 Å². The summed E-state index contributed by atoms with van der Waals surface area (Å²) in [6.45, 7) is 4.50. The molecule has 2 unspecified atom stereocenters. The van der Waals surface area contributed by atoms with Crippen molar-refractivity contribution in [2.75, 3.05) is 19.3 Å². The van der Waals surface area contributed by atoms with E-state index < -0.39 is 15.8 Å². The maximum Gasteiger partial charge on any atom is 0.243 e. The lowest BCUT2D eigenvalue weighted by molar-refractivity contribution is 0.178. The second-order valence-electron chi connectivity index (χ2n) is 5.81. The van der Waals surface area contributed by atoms with E-state index in [-0.39, 0.29) is 16.6 Å². The van der Waals surface area contributed by atoms with Gasteiger partial charge in [-0.05, 0) is 58.0 Å². The number of halogens is 1. The van der Waals surface area contributed by atoms with Gasteiger partial charge in [-0.2, -0.15) is 0 Å². The molecule has 1 aromatic carbocycles. The molecular weight excluding hydrogens is 293 g/mol. The van der Waals surface area contributed by atoms with Crippen molar-refractivity contribution in [2.45, 2.75) is 43.7 Å². The van der Waals surface area contributed by atoms with E-state index in [4.69, 9.17) is 5.73 Å². The van der Waals surface area contributed by atoms with Gasteiger partial charge in [0.25, 0.3) is 0 Å². The van der Waals surface area contributed by atoms with Crippen molar-refractivity contribution in [2.24, 2.45) is 0 Å². The molecule has 2 rings (SSSR count). The summed E-state index contributed by atoms with van der Waals surface area (Å²) in [6.07, 6.45) is 1.42. The van der Waals surface area contributed by atoms with Crippen molar-refractivity contribution >= 4 is 15.7 Å². The normalized spacial score (nSPS) is 24.2. The van der Waals surface area contributed by atoms with Crippen LogP contribution in [0.1, 0.15) is 25.3 Å². The fourth-order valence-corrected chi connectivity index (χ4v) is 3.93. The largest absolute Gasteiger partial charge is 0.398 e. The monoisotopic (exact) mass is 315 g/mol. The number of hydrogen-bond donors (Lipinski definition) is 2. The van der Waals surface area contributed by atoms with Gasteiger partial charge in [0, 0.05) is 17.8 Å². The van der Waals surface area contributed by atoms with Crippen molar-refractivity contribution < 1.29 is 12.8 Å². The van der Waals surface area contributed by atoms with Gasteiger partial charge < -0.3 is 10.6 Å². The number of aryl methyl sites for hydroxylation is 1. The van der Waals surface area contributed by atoms with Crippen LogP contribution in [0.3, 0.4) is 0 Å². The number of sulfonamides is 1. The zero-order valence-electron chi connectivity index (χ0n) is 12.6. The number of rotatable bonds is 3. The van der Waals surface area contributed by atoms with Crippen molar-refractivity contribution in [3.8, 4) is 0 Å². The molecular formula is C14H22FN3O2S. The Balaban J connectivity index is 2.21. The van der Waals surface area contributed by atoms with Crippen LogP contribution >= 0.6 is 0 Å². The maximum atomic E-state index is 13.9. The molecule has 1 aliphatic heterocycles. The van der Waals surface area contributed by atoms with Crippen LogP contribution in [0.25, 0.3) is 0 Å². The standard InChI is InChI=1S/C14H22FN3O2S/c1-9-6-12(15)14(8-13(9)16)21(19,20)17-11-4-5-18(3)10(2)7-11/h6,8,10-11,17H,4-5,7,16H2,1-3H3. The molecule has 1 fully saturated rings. The van der Waals surface area contributed by atoms with Crippen molar-refractivity contribution in [1.82, 2.24) is 9.62 Å². The fourth-order valence-electron chi connectivity index (χ4n) is 2.55. The third kappa shape index (κ3) is 3.53. The zero-order valence-corrected chi connectivity index (χ0v) is 13.4. The molecule has 1 heterocycles. The number of hydrogen-bond acceptors (Lipinski definition) is 4. The van der Waals surface area contributed by atoms with E-state index in [1.165, 1.54) is 6.07 Å². The van der Waals surface area contributed by atoms with Gasteiger partial charge in [-0.3, -0.25) is 0 Å². The molecule has 0 saturated carbocycles. The number of benzene rings is 1. The van der Waals surface area contributed by atoms with Crippen LogP contribution in [0.2, 0.25) is 0 Å². The summed E-state index contributed by atoms with van der Waals surface area (Å²) in [7, 11) is -1.88. The van der Waals surface area contributed by atoms with Crippen LogP contribution in [0.4, 0.5) is 10.1 Å². The average molecular weight is 315 g/mol. The van der Waals surface area contributed by atoms with Gasteiger partial charge in [0.1, 0.15) is 10.7 Å². The lowest BCUT2D eigenvalue weighted by Crippen LogP contribution is -2.47. The van der Waals surface area contributed by atoms with E-state index in [0.29, 0.717) is 24.4 Å². The molecule has 118 valence electrons. The molecule has 7 heteroatoms. The Morgan fingerprint density at radius 1 is 1.43 bits per heavy atom. The predicted molar refractivity (Wildman–Crippen MR) is 81.0 cm³/mol. The first-order valence-corrected chi connectivity index (χ1v) is 8.47. The van der Waals surface area contributed by atoms with Crippen LogP contribution in [-0.2, 0) is 10.0 Å². The first-order chi connectivity index (χ1) is 9.70. The molecule has 1 aliphatic rings. The molecule has 0 radical (unpaired) electrons. The van der Waals surface area contributed by atoms with Gasteiger partial charge in [0.05, 0.1) is 0 Å². The van der Waals surface area contributed by atoms with Crippen molar-refractivity contribution in [1.29, 1.82) is 0 Å². The minimum Gasteiger partial charge on any atom is -0.398 e. The molecule has 0 aliphatic carbocycles. The quantitative estimate of drug-likeness (QED) is 0.829. The minimum absolute atomic E-state index is 0.178. The molecule has 3 N–H and O–H groups in total. The van der Waals surface area contributed by atoms with Crippen LogP contribution in [0.5, 0.6) is 0 Å². The smallest absolute Gasteiger partial charge is 0.243 e. The zero-order chi connectivity index (χ0) is 15.8. The van der Waals surface area contributed by atoms with E-state index in [2.05, 4.69) is 9.62 Å². The van der Waals surface area contributed by atoms with Gasteiger partial charge >= 0.3 is 0 Å². The van der Waals surface area contributed by atoms with Gasteiger partial charge in [-0.25, -0.2) is 17.5 Å². The second kappa shape index (κ2) is 5.90. The summed E-state index contributed by atoms with van der Waals surface area (Å²) in [5.41, 5.74) is 6.49. The van der Waals surface area contributed by atoms with Crippen LogP contribution < -0.4 is 10.5 Å². The SMILES string of the molecule is Cc1cc(F)c(S(=O)(=O)NC2CCN(C)C(C)C2)cc1N. The number of nitrogens with two attached hydrogens (primary N) is 1. The number of anilines is 1. The third-order valence-corrected chi connectivity index (χ3v) is 5.68. The van der Waals surface area contributed by atoms with Crippen molar-refractivity contribution in [3.63, 3.8) is 0 Å². The molecule has 2 atom stereocenters. The average Bonchev–Trinajstić information content (AvgIpc) is 2.37. The second-order valence-corrected chi connectivity index (χ2v) is 7.49. The fraction of sp³-hybridized carbons (Fsp3) is 0.571. The highest BCUT2D eigenvalue weighted by atomic mass is 32.2. The highest BCUT2D eigenvalue weighted by Crippen LogP contribution is 2.23. The van der Waals surface area contributed by atoms with Gasteiger partial charge in [-0.15, -0.1) is 0 Å². The van der Waals surface area contributed by atoms with E-state index in [1.54, 1.807) is 6.92 Å². The lowest BCUT2D eigenvalue weighted by atomic mass is 10.0. The Hall–Kier alpha value is -1.18. The van der Waals surface area contributed by atoms with Gasteiger partial charge in [-0.1, -0.05) is 0 Å². The number of nitrogens with one attached hydrogen (secondary N) is 1. The molecule has 5 nitrogen and oxygen atoms in total. The topological polar surface area (TPSA) is 75.4 Å². The summed E-state index contributed by atoms with van der Waals surface area (Å²) in [5.74, 6) is -0.768. The molecule has 21 heavy (non-hydrogen) atoms. The highest BCUT2D eigenvalue weighted by molar-refractivity contribution is 7.89. The summed E-state index contributed by atoms with van der Waals surface area (Å²) in [4.78, 5) is 1.80. The van der Waals surface area contributed by atoms with Crippen molar-refractivity contribution in [3.05, 3.63) is 23.5 Å². The van der Waals surface area contributed by atoms with E-state index >= 15 is 0 Å². The molecule has 1 saturated heterocycles. The first kappa shape index (κ1) is 16.2. The van der Waals surface area contributed by atoms with Gasteiger partial charge in [0.2, 0.25) is 10.0 Å². The Bertz CT molecular complexity index is 633. The molecule has 0 aromatic heterocycles. The minimum atomic E-state index is -3.89. The molecule has 0 bridgehead atoms. The summed E-state index contributed by atoms with van der Waals surface area (Å²) in [6, 6.07) is 2.45. The summed E-state index contributed by atoms with van der Waals surface area (Å²) >= 11 is 0. The third-order valence-electron chi connectivity index (χ3n) is 4.14. The van der Waals surface area contributed by atoms with E-state index in [0.717, 1.165) is 12.6 Å². The number of nitrogens with zero attached hydrogens (tertiary/aromatic N) is 1. The Kier molecular flexibility index (Phi) is 4.55. The summed E-state index contributed by atoms with van der Waals surface area (Å²) in [5, 5.41) is 0. The number of piperidine rings is 1. The molecule has 0 spiro atoms. The summed E-state index contributed by atoms with van der Waals surface area (Å²) < 4.78 is 41.2. The van der Waals surface area contributed by atoms with Crippen LogP contribution in [0, 0.1) is 12.7 Å². The number of likely N-dealkylation sites (tertiary alicyclic amines) is 1. The lowest BCUT2D eigenvalue weighted by Gasteiger charge is -2.35. The van der Waals surface area contributed by atoms with Crippen LogP contribution in [0.15, 0.2) is 17.0 Å². The molecule has 1 aromatic rings. The molecule has 0 amide bonds. The Morgan fingerprint density at radius 2 is 2.10 bits per heavy atom. The number of nitrogen functional groups attached to an aromatic ring is 1. The van der Waals surface area contributed by atoms with E-state index in [1.807, 2.05) is 14.0 Å². The van der Waals surface area contributed by atoms with Gasteiger partial charge in [0.15, 0.2) is 0 Å². The Morgan fingerprint density at radius 3 is 2.71 bits per heavy atom. The highest BCUT2D eigenvalue weighted by Gasteiger charge is 2.28. The predicted octanol–water partition coefficient (Wildman–Crippen LogP) is 1.48. The first-order valence-electron chi connectivity index (χ1n) is 6.99. The maximum absolute atomic E-state index is 13.9. The Labute approximate surface area is 125 Å². The van der Waals surface area contributed by atoms with E-state index in [9.17, 15) is 12.8 Å².